The van der Waals surface area contributed by atoms with Crippen LogP contribution in [-0.2, 0) is 22.4 Å². The first kappa shape index (κ1) is 19.5. The summed E-state index contributed by atoms with van der Waals surface area (Å²) in [4.78, 5) is 28.9. The number of fused-ring (bicyclic) bond motifs is 1. The van der Waals surface area contributed by atoms with Crippen molar-refractivity contribution in [2.24, 2.45) is 17.0 Å². The van der Waals surface area contributed by atoms with E-state index >= 15 is 0 Å². The number of rotatable bonds is 4. The van der Waals surface area contributed by atoms with Crippen molar-refractivity contribution in [2.75, 3.05) is 18.2 Å². The summed E-state index contributed by atoms with van der Waals surface area (Å²) in [5.41, 5.74) is 2.54. The third kappa shape index (κ3) is 3.60. The number of aryl methyl sites for hydroxylation is 1. The average molecular weight is 418 g/mol. The molecule has 4 atom stereocenters. The Hall–Kier alpha value is -1.77. The number of thiocarbonyl (C=S) groups is 1. The van der Waals surface area contributed by atoms with E-state index in [9.17, 15) is 9.59 Å². The molecule has 1 unspecified atom stereocenters. The minimum Gasteiger partial charge on any atom is -0.411 e. The third-order valence-corrected chi connectivity index (χ3v) is 7.38. The average Bonchev–Trinajstić information content (AvgIpc) is 3.33. The summed E-state index contributed by atoms with van der Waals surface area (Å²) in [5.74, 6) is 0.501. The molecule has 6 nitrogen and oxygen atoms in total. The van der Waals surface area contributed by atoms with Crippen molar-refractivity contribution < 1.29 is 14.8 Å². The SMILES string of the molecule is O=C(C1C(=S)CN[C@@H]1C(=O)N1CSC[C@H]1C=NO)[C@H]1CCc2ccccc2C1. The van der Waals surface area contributed by atoms with Crippen LogP contribution in [0.2, 0.25) is 0 Å². The van der Waals surface area contributed by atoms with Gasteiger partial charge in [0.25, 0.3) is 0 Å². The molecule has 4 rings (SSSR count). The molecular formula is C20H23N3O3S2. The number of carbonyl (C=O) groups excluding carboxylic acids is 2. The van der Waals surface area contributed by atoms with Gasteiger partial charge in [-0.15, -0.1) is 11.8 Å². The maximum absolute atomic E-state index is 13.4. The Morgan fingerprint density at radius 2 is 2.11 bits per heavy atom. The van der Waals surface area contributed by atoms with Crippen molar-refractivity contribution >= 4 is 46.7 Å². The Kier molecular flexibility index (Phi) is 5.80. The Labute approximate surface area is 173 Å². The maximum atomic E-state index is 13.4. The largest absolute Gasteiger partial charge is 0.411 e. The van der Waals surface area contributed by atoms with Crippen molar-refractivity contribution in [3.63, 3.8) is 0 Å². The van der Waals surface area contributed by atoms with Gasteiger partial charge in [0.2, 0.25) is 5.91 Å². The molecule has 1 aromatic carbocycles. The van der Waals surface area contributed by atoms with Gasteiger partial charge in [-0.1, -0.05) is 41.6 Å². The molecule has 148 valence electrons. The molecule has 0 spiro atoms. The quantitative estimate of drug-likeness (QED) is 0.336. The number of carbonyl (C=O) groups is 2. The van der Waals surface area contributed by atoms with Crippen molar-refractivity contribution in [3.05, 3.63) is 35.4 Å². The molecule has 1 amide bonds. The molecule has 0 saturated carbocycles. The van der Waals surface area contributed by atoms with Gasteiger partial charge >= 0.3 is 0 Å². The number of nitrogens with one attached hydrogen (secondary N) is 1. The van der Waals surface area contributed by atoms with Gasteiger partial charge in [-0.3, -0.25) is 9.59 Å². The number of thioether (sulfide) groups is 1. The number of Topliss-reactive ketones (excluding diaryl/α,β-unsaturated/α-hetero) is 1. The van der Waals surface area contributed by atoms with Gasteiger partial charge in [-0.25, -0.2) is 0 Å². The van der Waals surface area contributed by atoms with E-state index in [1.807, 2.05) is 12.1 Å². The molecule has 0 bridgehead atoms. The van der Waals surface area contributed by atoms with Crippen LogP contribution < -0.4 is 5.32 Å². The second-order valence-electron chi connectivity index (χ2n) is 7.55. The van der Waals surface area contributed by atoms with Gasteiger partial charge in [0.15, 0.2) is 0 Å². The predicted molar refractivity (Wildman–Crippen MR) is 113 cm³/mol. The number of ketones is 1. The number of oxime groups is 1. The Bertz CT molecular complexity index is 829. The van der Waals surface area contributed by atoms with Gasteiger partial charge < -0.3 is 15.4 Å². The van der Waals surface area contributed by atoms with E-state index in [0.717, 1.165) is 12.8 Å². The first-order chi connectivity index (χ1) is 13.6. The molecule has 2 fully saturated rings. The molecule has 0 aromatic heterocycles. The van der Waals surface area contributed by atoms with Crippen molar-refractivity contribution in [3.8, 4) is 0 Å². The summed E-state index contributed by atoms with van der Waals surface area (Å²) in [6.45, 7) is 0.408. The lowest BCUT2D eigenvalue weighted by Gasteiger charge is -2.30. The zero-order chi connectivity index (χ0) is 19.7. The van der Waals surface area contributed by atoms with E-state index in [0.29, 0.717) is 29.5 Å². The van der Waals surface area contributed by atoms with Crippen molar-refractivity contribution in [2.45, 2.75) is 31.3 Å². The molecule has 2 saturated heterocycles. The maximum Gasteiger partial charge on any atom is 0.242 e. The van der Waals surface area contributed by atoms with Crippen LogP contribution in [0.1, 0.15) is 17.5 Å². The molecule has 28 heavy (non-hydrogen) atoms. The molecule has 2 aliphatic heterocycles. The van der Waals surface area contributed by atoms with Gasteiger partial charge in [0.1, 0.15) is 11.8 Å². The molecule has 0 radical (unpaired) electrons. The van der Waals surface area contributed by atoms with E-state index in [4.69, 9.17) is 17.4 Å². The lowest BCUT2D eigenvalue weighted by molar-refractivity contribution is -0.137. The highest BCUT2D eigenvalue weighted by molar-refractivity contribution is 7.99. The second-order valence-corrected chi connectivity index (χ2v) is 9.08. The van der Waals surface area contributed by atoms with Crippen LogP contribution in [0.4, 0.5) is 0 Å². The normalized spacial score (nSPS) is 30.0. The molecule has 3 aliphatic rings. The summed E-state index contributed by atoms with van der Waals surface area (Å²) in [6, 6.07) is 7.38. The number of hydrogen-bond acceptors (Lipinski definition) is 7. The van der Waals surface area contributed by atoms with E-state index < -0.39 is 12.0 Å². The van der Waals surface area contributed by atoms with Crippen LogP contribution >= 0.6 is 24.0 Å². The third-order valence-electron chi connectivity index (χ3n) is 5.94. The van der Waals surface area contributed by atoms with Crippen LogP contribution in [0, 0.1) is 11.8 Å². The van der Waals surface area contributed by atoms with Gasteiger partial charge in [-0.2, -0.15) is 0 Å². The number of nitrogens with zero attached hydrogens (tertiary/aromatic N) is 2. The fraction of sp³-hybridized carbons (Fsp3) is 0.500. The van der Waals surface area contributed by atoms with Crippen molar-refractivity contribution in [1.29, 1.82) is 0 Å². The molecule has 1 aliphatic carbocycles. The first-order valence-electron chi connectivity index (χ1n) is 9.52. The fourth-order valence-electron chi connectivity index (χ4n) is 4.44. The Morgan fingerprint density at radius 1 is 1.32 bits per heavy atom. The summed E-state index contributed by atoms with van der Waals surface area (Å²) < 4.78 is 0. The van der Waals surface area contributed by atoms with E-state index in [-0.39, 0.29) is 23.7 Å². The van der Waals surface area contributed by atoms with E-state index in [1.165, 1.54) is 17.3 Å². The molecular weight excluding hydrogens is 394 g/mol. The van der Waals surface area contributed by atoms with E-state index in [2.05, 4.69) is 22.6 Å². The highest BCUT2D eigenvalue weighted by atomic mass is 32.2. The topological polar surface area (TPSA) is 82.0 Å². The molecule has 1 aromatic rings. The highest BCUT2D eigenvalue weighted by Gasteiger charge is 2.46. The van der Waals surface area contributed by atoms with Crippen LogP contribution in [-0.4, -0.2) is 63.1 Å². The highest BCUT2D eigenvalue weighted by Crippen LogP contribution is 2.31. The fourth-order valence-corrected chi connectivity index (χ4v) is 5.90. The zero-order valence-corrected chi connectivity index (χ0v) is 17.0. The smallest absolute Gasteiger partial charge is 0.242 e. The van der Waals surface area contributed by atoms with Crippen LogP contribution in [0.3, 0.4) is 0 Å². The summed E-state index contributed by atoms with van der Waals surface area (Å²) in [7, 11) is 0. The Balaban J connectivity index is 1.52. The second kappa shape index (κ2) is 8.31. The molecule has 2 heterocycles. The van der Waals surface area contributed by atoms with Gasteiger partial charge in [0.05, 0.1) is 24.1 Å². The van der Waals surface area contributed by atoms with Crippen molar-refractivity contribution in [1.82, 2.24) is 10.2 Å². The van der Waals surface area contributed by atoms with Gasteiger partial charge in [-0.05, 0) is 30.4 Å². The lowest BCUT2D eigenvalue weighted by Crippen LogP contribution is -2.51. The standard InChI is InChI=1S/C20H23N3O3S2/c24-19(14-6-5-12-3-1-2-4-13(12)7-14)17-16(27)9-21-18(17)20(25)23-11-28-10-15(23)8-22-26/h1-4,8,14-15,17-18,21,26H,5-7,9-11H2/t14-,15+,17?,18-/m0/s1. The zero-order valence-electron chi connectivity index (χ0n) is 15.4. The lowest BCUT2D eigenvalue weighted by atomic mass is 9.76. The summed E-state index contributed by atoms with van der Waals surface area (Å²) in [5, 5.41) is 15.1. The minimum atomic E-state index is -0.620. The van der Waals surface area contributed by atoms with Gasteiger partial charge in [0, 0.05) is 23.1 Å². The Morgan fingerprint density at radius 3 is 2.89 bits per heavy atom. The van der Waals surface area contributed by atoms with E-state index in [1.54, 1.807) is 16.7 Å². The number of amides is 1. The molecule has 2 N–H and O–H groups in total. The van der Waals surface area contributed by atoms with Crippen LogP contribution in [0.25, 0.3) is 0 Å². The first-order valence-corrected chi connectivity index (χ1v) is 11.1. The summed E-state index contributed by atoms with van der Waals surface area (Å²) >= 11 is 7.10. The van der Waals surface area contributed by atoms with Crippen LogP contribution in [0.15, 0.2) is 29.4 Å². The predicted octanol–water partition coefficient (Wildman–Crippen LogP) is 1.68. The number of hydrogen-bond donors (Lipinski definition) is 2. The van der Waals surface area contributed by atoms with Crippen LogP contribution in [0.5, 0.6) is 0 Å². The molecule has 8 heteroatoms. The minimum absolute atomic E-state index is 0.0853. The monoisotopic (exact) mass is 417 g/mol. The number of benzene rings is 1. The summed E-state index contributed by atoms with van der Waals surface area (Å²) in [6.07, 6.45) is 3.78.